The maximum atomic E-state index is 6.79. The average molecular weight is 578 g/mol. The first-order valence-electron chi connectivity index (χ1n) is 16.2. The van der Waals surface area contributed by atoms with Gasteiger partial charge in [0.15, 0.2) is 0 Å². The zero-order valence-corrected chi connectivity index (χ0v) is 26.3. The van der Waals surface area contributed by atoms with Crippen molar-refractivity contribution in [2.24, 2.45) is 5.92 Å². The van der Waals surface area contributed by atoms with Crippen LogP contribution in [0.15, 0.2) is 125 Å². The van der Waals surface area contributed by atoms with Crippen molar-refractivity contribution in [3.8, 4) is 11.3 Å². The molecule has 0 spiro atoms. The molecule has 0 bridgehead atoms. The van der Waals surface area contributed by atoms with E-state index in [0.29, 0.717) is 0 Å². The van der Waals surface area contributed by atoms with Crippen molar-refractivity contribution in [1.82, 2.24) is 4.58 Å². The monoisotopic (exact) mass is 577 g/mol. The van der Waals surface area contributed by atoms with Crippen molar-refractivity contribution >= 4 is 33.0 Å². The first-order chi connectivity index (χ1) is 21.6. The Labute approximate surface area is 260 Å². The third-order valence-corrected chi connectivity index (χ3v) is 9.63. The normalized spacial score (nSPS) is 17.5. The predicted molar refractivity (Wildman–Crippen MR) is 187 cm³/mol. The summed E-state index contributed by atoms with van der Waals surface area (Å²) in [5.41, 5.74) is 8.66. The number of allylic oxidation sites excluding steroid dienone is 8. The first-order valence-corrected chi connectivity index (χ1v) is 16.2. The topological polar surface area (TPSA) is 19.4 Å². The third kappa shape index (κ3) is 4.72. The summed E-state index contributed by atoms with van der Waals surface area (Å²) in [4.78, 5) is 2.39. The van der Waals surface area contributed by atoms with Crippen LogP contribution in [0.1, 0.15) is 44.7 Å². The number of hydrogen-bond donors (Lipinski definition) is 0. The molecular weight excluding hydrogens is 536 g/mol. The molecule has 3 heteroatoms. The molecule has 2 unspecified atom stereocenters. The van der Waals surface area contributed by atoms with Crippen molar-refractivity contribution in [2.45, 2.75) is 33.6 Å². The lowest BCUT2D eigenvalue weighted by Crippen LogP contribution is -2.29. The molecule has 0 aromatic heterocycles. The second-order valence-electron chi connectivity index (χ2n) is 11.8. The van der Waals surface area contributed by atoms with E-state index in [1.807, 2.05) is 0 Å². The van der Waals surface area contributed by atoms with E-state index in [1.165, 1.54) is 55.0 Å². The van der Waals surface area contributed by atoms with Crippen LogP contribution in [0.5, 0.6) is 0 Å². The number of fused-ring (bicyclic) bond motifs is 4. The van der Waals surface area contributed by atoms with Crippen molar-refractivity contribution in [3.63, 3.8) is 0 Å². The summed E-state index contributed by atoms with van der Waals surface area (Å²) in [6.07, 6.45) is 13.9. The minimum Gasteiger partial charge on any atom is -0.456 e. The van der Waals surface area contributed by atoms with Crippen molar-refractivity contribution in [3.05, 3.63) is 137 Å². The predicted octanol–water partition coefficient (Wildman–Crippen LogP) is 9.20. The minimum atomic E-state index is 0.171. The van der Waals surface area contributed by atoms with E-state index >= 15 is 0 Å². The fourth-order valence-corrected chi connectivity index (χ4v) is 7.37. The molecule has 0 amide bonds. The highest BCUT2D eigenvalue weighted by atomic mass is 16.3. The molecule has 1 heterocycles. The largest absolute Gasteiger partial charge is 0.456 e. The van der Waals surface area contributed by atoms with Crippen LogP contribution >= 0.6 is 0 Å². The van der Waals surface area contributed by atoms with E-state index in [0.717, 1.165) is 37.5 Å². The fourth-order valence-electron chi connectivity index (χ4n) is 7.37. The minimum absolute atomic E-state index is 0.171. The van der Waals surface area contributed by atoms with Crippen molar-refractivity contribution in [2.75, 3.05) is 31.1 Å². The molecule has 3 aromatic carbocycles. The second kappa shape index (κ2) is 11.8. The van der Waals surface area contributed by atoms with Gasteiger partial charge >= 0.3 is 0 Å². The smallest absolute Gasteiger partial charge is 0.203 e. The van der Waals surface area contributed by atoms with Gasteiger partial charge in [-0.3, -0.25) is 0 Å². The van der Waals surface area contributed by atoms with Crippen LogP contribution in [-0.4, -0.2) is 26.2 Å². The fraction of sp³-hybridized carbons (Fsp3) is 0.244. The number of nitrogens with zero attached hydrogens (tertiary/aromatic N) is 2. The SMILES string of the molecule is CCN(CC)c1ccc2c(C3C=CC(c4cccc5ccccc45)=C4C=CC=CC43)c3ccc(=[N+](CC)CC)cc-3oc2c1. The number of rotatable bonds is 7. The van der Waals surface area contributed by atoms with Crippen LogP contribution in [0, 0.1) is 5.92 Å². The summed E-state index contributed by atoms with van der Waals surface area (Å²) >= 11 is 0. The van der Waals surface area contributed by atoms with Crippen LogP contribution in [0.3, 0.4) is 0 Å². The Morgan fingerprint density at radius 3 is 2.34 bits per heavy atom. The summed E-state index contributed by atoms with van der Waals surface area (Å²) in [6, 6.07) is 29.0. The quantitative estimate of drug-likeness (QED) is 0.142. The maximum absolute atomic E-state index is 6.79. The highest BCUT2D eigenvalue weighted by molar-refractivity contribution is 5.99. The van der Waals surface area contributed by atoms with Crippen LogP contribution in [0.4, 0.5) is 5.69 Å². The Morgan fingerprint density at radius 2 is 1.52 bits per heavy atom. The van der Waals surface area contributed by atoms with Gasteiger partial charge in [0.05, 0.1) is 6.07 Å². The highest BCUT2D eigenvalue weighted by Gasteiger charge is 2.33. The van der Waals surface area contributed by atoms with Gasteiger partial charge in [-0.1, -0.05) is 78.9 Å². The molecule has 1 aliphatic heterocycles. The molecule has 2 atom stereocenters. The van der Waals surface area contributed by atoms with E-state index in [2.05, 4.69) is 152 Å². The molecule has 0 saturated heterocycles. The van der Waals surface area contributed by atoms with Gasteiger partial charge in [0.2, 0.25) is 5.36 Å². The van der Waals surface area contributed by atoms with E-state index in [1.54, 1.807) is 0 Å². The van der Waals surface area contributed by atoms with Gasteiger partial charge in [-0.25, -0.2) is 4.58 Å². The molecule has 0 radical (unpaired) electrons. The maximum Gasteiger partial charge on any atom is 0.203 e. The Bertz CT molecular complexity index is 2020. The van der Waals surface area contributed by atoms with Crippen LogP contribution in [0.25, 0.3) is 38.6 Å². The molecule has 4 aliphatic rings. The van der Waals surface area contributed by atoms with Gasteiger partial charge in [-0.15, -0.1) is 0 Å². The standard InChI is InChI=1S/C41H41N2O/c1-5-42(6-2)29-20-22-37-39(26-29)44-40-27-30(43(7-3)8-4)21-23-38(40)41(37)36-25-24-35(33-17-11-12-18-34(33)36)32-19-13-15-28-14-9-10-16-31(28)32/h9-27,34,36H,5-8H2,1-4H3/q+1. The lowest BCUT2D eigenvalue weighted by Gasteiger charge is -2.33. The Balaban J connectivity index is 1.46. The van der Waals surface area contributed by atoms with Crippen molar-refractivity contribution < 1.29 is 4.42 Å². The van der Waals surface area contributed by atoms with E-state index in [9.17, 15) is 0 Å². The van der Waals surface area contributed by atoms with Gasteiger partial charge in [0.25, 0.3) is 0 Å². The zero-order chi connectivity index (χ0) is 30.2. The average Bonchev–Trinajstić information content (AvgIpc) is 3.07. The van der Waals surface area contributed by atoms with Crippen LogP contribution in [0.2, 0.25) is 0 Å². The second-order valence-corrected chi connectivity index (χ2v) is 11.8. The number of benzene rings is 4. The Kier molecular flexibility index (Phi) is 7.56. The number of anilines is 1. The van der Waals surface area contributed by atoms with E-state index in [4.69, 9.17) is 4.42 Å². The van der Waals surface area contributed by atoms with E-state index in [-0.39, 0.29) is 11.8 Å². The molecule has 0 N–H and O–H groups in total. The molecule has 0 fully saturated rings. The molecule has 220 valence electrons. The molecule has 3 aromatic rings. The van der Waals surface area contributed by atoms with Gasteiger partial charge in [0.1, 0.15) is 24.4 Å². The first kappa shape index (κ1) is 28.2. The summed E-state index contributed by atoms with van der Waals surface area (Å²) in [5.74, 6) is 1.34. The highest BCUT2D eigenvalue weighted by Crippen LogP contribution is 2.49. The molecule has 3 aliphatic carbocycles. The van der Waals surface area contributed by atoms with Gasteiger partial charge in [-0.05, 0) is 78.9 Å². The molecule has 3 nitrogen and oxygen atoms in total. The van der Waals surface area contributed by atoms with Gasteiger partial charge < -0.3 is 9.32 Å². The Morgan fingerprint density at radius 1 is 0.705 bits per heavy atom. The zero-order valence-electron chi connectivity index (χ0n) is 26.3. The van der Waals surface area contributed by atoms with Crippen LogP contribution < -0.4 is 14.8 Å². The molecule has 7 rings (SSSR count). The lowest BCUT2D eigenvalue weighted by molar-refractivity contribution is 0.597. The van der Waals surface area contributed by atoms with Gasteiger partial charge in [0, 0.05) is 53.7 Å². The van der Waals surface area contributed by atoms with Crippen LogP contribution in [-0.2, 0) is 0 Å². The lowest BCUT2D eigenvalue weighted by atomic mass is 9.71. The van der Waals surface area contributed by atoms with Gasteiger partial charge in [-0.2, -0.15) is 0 Å². The summed E-state index contributed by atoms with van der Waals surface area (Å²) in [5, 5.41) is 4.96. The molecule has 0 saturated carbocycles. The van der Waals surface area contributed by atoms with E-state index < -0.39 is 0 Å². The summed E-state index contributed by atoms with van der Waals surface area (Å²) < 4.78 is 9.18. The molecule has 44 heavy (non-hydrogen) atoms. The summed E-state index contributed by atoms with van der Waals surface area (Å²) in [6.45, 7) is 12.7. The third-order valence-electron chi connectivity index (χ3n) is 9.63. The summed E-state index contributed by atoms with van der Waals surface area (Å²) in [7, 11) is 0. The van der Waals surface area contributed by atoms with Crippen molar-refractivity contribution in [1.29, 1.82) is 0 Å². The molecular formula is C41H41N2O+. The Hall–Kier alpha value is -4.63. The number of hydrogen-bond acceptors (Lipinski definition) is 2.